The lowest BCUT2D eigenvalue weighted by Gasteiger charge is -2.29. The zero-order chi connectivity index (χ0) is 15.5. The van der Waals surface area contributed by atoms with Crippen LogP contribution < -0.4 is 11.1 Å². The summed E-state index contributed by atoms with van der Waals surface area (Å²) in [6.07, 6.45) is 3.22. The molecular formula is C15H20BrClF2N2O. The highest BCUT2D eigenvalue weighted by atomic mass is 79.9. The van der Waals surface area contributed by atoms with Gasteiger partial charge in [-0.15, -0.1) is 12.4 Å². The minimum Gasteiger partial charge on any atom is -0.349 e. The highest BCUT2D eigenvalue weighted by Gasteiger charge is 2.43. The van der Waals surface area contributed by atoms with Crippen molar-refractivity contribution in [2.45, 2.75) is 37.0 Å². The van der Waals surface area contributed by atoms with E-state index in [1.807, 2.05) is 24.3 Å². The van der Waals surface area contributed by atoms with E-state index >= 15 is 0 Å². The van der Waals surface area contributed by atoms with Gasteiger partial charge in [0.25, 0.3) is 5.92 Å². The summed E-state index contributed by atoms with van der Waals surface area (Å²) in [6.45, 7) is -1.48. The number of benzene rings is 1. The van der Waals surface area contributed by atoms with E-state index in [4.69, 9.17) is 5.73 Å². The maximum Gasteiger partial charge on any atom is 0.277 e. The van der Waals surface area contributed by atoms with Crippen LogP contribution >= 0.6 is 28.3 Å². The average Bonchev–Trinajstić information content (AvgIpc) is 2.96. The summed E-state index contributed by atoms with van der Waals surface area (Å²) in [5.74, 6) is -3.39. The second-order valence-corrected chi connectivity index (χ2v) is 6.46. The molecule has 0 spiro atoms. The number of rotatable bonds is 5. The Kier molecular flexibility index (Phi) is 6.77. The molecule has 0 aromatic heterocycles. The Morgan fingerprint density at radius 3 is 2.55 bits per heavy atom. The number of carbonyl (C=O) groups is 1. The fourth-order valence-corrected chi connectivity index (χ4v) is 3.26. The highest BCUT2D eigenvalue weighted by Crippen LogP contribution is 2.42. The molecule has 1 aromatic carbocycles. The van der Waals surface area contributed by atoms with Gasteiger partial charge in [-0.1, -0.05) is 40.9 Å². The number of hydrogen-bond donors (Lipinski definition) is 2. The number of amides is 1. The van der Waals surface area contributed by atoms with Gasteiger partial charge in [-0.25, -0.2) is 8.78 Å². The SMILES string of the molecule is Cl.NCC(F)(F)CNC(=O)C1(c2cccc(Br)c2)CCCC1. The molecule has 0 atom stereocenters. The third kappa shape index (κ3) is 4.18. The molecule has 2 rings (SSSR count). The molecule has 0 bridgehead atoms. The molecule has 0 radical (unpaired) electrons. The first-order valence-electron chi connectivity index (χ1n) is 7.02. The van der Waals surface area contributed by atoms with Crippen molar-refractivity contribution in [3.8, 4) is 0 Å². The maximum absolute atomic E-state index is 13.2. The molecule has 22 heavy (non-hydrogen) atoms. The Morgan fingerprint density at radius 1 is 1.36 bits per heavy atom. The van der Waals surface area contributed by atoms with Crippen LogP contribution in [0.4, 0.5) is 8.78 Å². The van der Waals surface area contributed by atoms with Crippen LogP contribution in [0.1, 0.15) is 31.2 Å². The topological polar surface area (TPSA) is 55.1 Å². The Bertz CT molecular complexity index is 522. The first-order chi connectivity index (χ1) is 9.89. The Balaban J connectivity index is 0.00000242. The van der Waals surface area contributed by atoms with Crippen molar-refractivity contribution < 1.29 is 13.6 Å². The minimum atomic E-state index is -3.06. The molecular weight excluding hydrogens is 378 g/mol. The fraction of sp³-hybridized carbons (Fsp3) is 0.533. The number of alkyl halides is 2. The quantitative estimate of drug-likeness (QED) is 0.800. The third-order valence-corrected chi connectivity index (χ3v) is 4.57. The van der Waals surface area contributed by atoms with E-state index in [9.17, 15) is 13.6 Å². The van der Waals surface area contributed by atoms with Gasteiger partial charge in [0.15, 0.2) is 0 Å². The largest absolute Gasteiger partial charge is 0.349 e. The van der Waals surface area contributed by atoms with Gasteiger partial charge in [0, 0.05) is 4.47 Å². The van der Waals surface area contributed by atoms with Gasteiger partial charge in [0.2, 0.25) is 5.91 Å². The summed E-state index contributed by atoms with van der Waals surface area (Å²) < 4.78 is 27.4. The van der Waals surface area contributed by atoms with E-state index < -0.39 is 24.4 Å². The van der Waals surface area contributed by atoms with Gasteiger partial charge in [-0.2, -0.15) is 0 Å². The second kappa shape index (κ2) is 7.70. The van der Waals surface area contributed by atoms with Gasteiger partial charge in [0.05, 0.1) is 18.5 Å². The number of hydrogen-bond acceptors (Lipinski definition) is 2. The van der Waals surface area contributed by atoms with Crippen molar-refractivity contribution >= 4 is 34.2 Å². The van der Waals surface area contributed by atoms with Crippen LogP contribution in [0.2, 0.25) is 0 Å². The van der Waals surface area contributed by atoms with E-state index in [-0.39, 0.29) is 18.3 Å². The van der Waals surface area contributed by atoms with Crippen LogP contribution in [0.5, 0.6) is 0 Å². The van der Waals surface area contributed by atoms with Crippen molar-refractivity contribution in [2.75, 3.05) is 13.1 Å². The Hall–Kier alpha value is -0.720. The molecule has 7 heteroatoms. The molecule has 1 amide bonds. The van der Waals surface area contributed by atoms with E-state index in [0.717, 1.165) is 22.9 Å². The maximum atomic E-state index is 13.2. The standard InChI is InChI=1S/C15H19BrF2N2O.ClH/c16-12-5-3-4-11(8-12)14(6-1-2-7-14)13(21)20-10-15(17,18)9-19;/h3-5,8H,1-2,6-7,9-10,19H2,(H,20,21);1H. The van der Waals surface area contributed by atoms with Gasteiger partial charge >= 0.3 is 0 Å². The first kappa shape index (κ1) is 19.3. The molecule has 124 valence electrons. The fourth-order valence-electron chi connectivity index (χ4n) is 2.86. The Labute approximate surface area is 143 Å². The highest BCUT2D eigenvalue weighted by molar-refractivity contribution is 9.10. The predicted molar refractivity (Wildman–Crippen MR) is 88.5 cm³/mol. The molecule has 3 N–H and O–H groups in total. The van der Waals surface area contributed by atoms with Crippen LogP contribution in [0, 0.1) is 0 Å². The third-order valence-electron chi connectivity index (χ3n) is 4.08. The molecule has 1 aliphatic rings. The van der Waals surface area contributed by atoms with Gasteiger partial charge in [-0.3, -0.25) is 4.79 Å². The summed E-state index contributed by atoms with van der Waals surface area (Å²) >= 11 is 3.40. The van der Waals surface area contributed by atoms with E-state index in [1.54, 1.807) is 0 Å². The lowest BCUT2D eigenvalue weighted by Crippen LogP contribution is -2.48. The number of nitrogens with one attached hydrogen (secondary N) is 1. The van der Waals surface area contributed by atoms with Crippen molar-refractivity contribution in [3.63, 3.8) is 0 Å². The monoisotopic (exact) mass is 396 g/mol. The lowest BCUT2D eigenvalue weighted by molar-refractivity contribution is -0.128. The van der Waals surface area contributed by atoms with Gasteiger partial charge in [0.1, 0.15) is 0 Å². The molecule has 1 aromatic rings. The first-order valence-corrected chi connectivity index (χ1v) is 7.81. The van der Waals surface area contributed by atoms with E-state index in [0.29, 0.717) is 12.8 Å². The normalized spacial score (nSPS) is 16.9. The van der Waals surface area contributed by atoms with Crippen molar-refractivity contribution in [3.05, 3.63) is 34.3 Å². The van der Waals surface area contributed by atoms with E-state index in [1.165, 1.54) is 0 Å². The predicted octanol–water partition coefficient (Wildman–Crippen LogP) is 3.39. The molecule has 0 unspecified atom stereocenters. The number of nitrogens with two attached hydrogens (primary N) is 1. The summed E-state index contributed by atoms with van der Waals surface area (Å²) in [5.41, 5.74) is 5.18. The van der Waals surface area contributed by atoms with Gasteiger partial charge in [-0.05, 0) is 30.5 Å². The zero-order valence-corrected chi connectivity index (χ0v) is 14.5. The average molecular weight is 398 g/mol. The van der Waals surface area contributed by atoms with Crippen molar-refractivity contribution in [1.82, 2.24) is 5.32 Å². The second-order valence-electron chi connectivity index (χ2n) is 5.54. The summed E-state index contributed by atoms with van der Waals surface area (Å²) in [6, 6.07) is 7.52. The van der Waals surface area contributed by atoms with Crippen molar-refractivity contribution in [2.24, 2.45) is 5.73 Å². The van der Waals surface area contributed by atoms with Gasteiger partial charge < -0.3 is 11.1 Å². The zero-order valence-electron chi connectivity index (χ0n) is 12.1. The lowest BCUT2D eigenvalue weighted by atomic mass is 9.78. The molecule has 0 heterocycles. The van der Waals surface area contributed by atoms with Crippen LogP contribution in [0.3, 0.4) is 0 Å². The summed E-state index contributed by atoms with van der Waals surface area (Å²) in [5, 5.41) is 2.39. The molecule has 0 saturated heterocycles. The van der Waals surface area contributed by atoms with Crippen molar-refractivity contribution in [1.29, 1.82) is 0 Å². The molecule has 0 aliphatic heterocycles. The van der Waals surface area contributed by atoms with Crippen LogP contribution in [-0.4, -0.2) is 24.9 Å². The summed E-state index contributed by atoms with van der Waals surface area (Å²) in [7, 11) is 0. The molecule has 1 aliphatic carbocycles. The molecule has 3 nitrogen and oxygen atoms in total. The molecule has 1 saturated carbocycles. The number of carbonyl (C=O) groups excluding carboxylic acids is 1. The smallest absolute Gasteiger partial charge is 0.277 e. The van der Waals surface area contributed by atoms with Crippen LogP contribution in [-0.2, 0) is 10.2 Å². The Morgan fingerprint density at radius 2 is 2.00 bits per heavy atom. The van der Waals surface area contributed by atoms with E-state index in [2.05, 4.69) is 21.2 Å². The number of halogens is 4. The molecule has 1 fully saturated rings. The van der Waals surface area contributed by atoms with Crippen LogP contribution in [0.25, 0.3) is 0 Å². The minimum absolute atomic E-state index is 0. The van der Waals surface area contributed by atoms with Crippen LogP contribution in [0.15, 0.2) is 28.7 Å². The summed E-state index contributed by atoms with van der Waals surface area (Å²) in [4.78, 5) is 12.5.